The van der Waals surface area contributed by atoms with Crippen molar-refractivity contribution in [2.24, 2.45) is 0 Å². The minimum Gasteiger partial charge on any atom is -0.458 e. The molecule has 0 aromatic rings. The van der Waals surface area contributed by atoms with Crippen LogP contribution in [-0.2, 0) is 14.3 Å². The summed E-state index contributed by atoms with van der Waals surface area (Å²) in [7, 11) is 0. The number of esters is 1. The minimum atomic E-state index is -0.528. The van der Waals surface area contributed by atoms with E-state index in [0.29, 0.717) is 19.6 Å². The van der Waals surface area contributed by atoms with Crippen molar-refractivity contribution >= 4 is 12.1 Å². The molecule has 0 radical (unpaired) electrons. The number of ether oxygens (including phenoxy) is 2. The van der Waals surface area contributed by atoms with Crippen LogP contribution in [-0.4, -0.2) is 41.8 Å². The molecule has 5 nitrogen and oxygen atoms in total. The van der Waals surface area contributed by atoms with Gasteiger partial charge in [-0.25, -0.2) is 9.59 Å². The van der Waals surface area contributed by atoms with Gasteiger partial charge in [0.15, 0.2) is 0 Å². The van der Waals surface area contributed by atoms with E-state index in [0.717, 1.165) is 6.42 Å². The van der Waals surface area contributed by atoms with Crippen LogP contribution in [0.15, 0.2) is 0 Å². The van der Waals surface area contributed by atoms with Crippen LogP contribution in [0.3, 0.4) is 0 Å². The fourth-order valence-corrected chi connectivity index (χ4v) is 1.81. The monoisotopic (exact) mass is 243 g/mol. The zero-order valence-corrected chi connectivity index (χ0v) is 11.0. The first-order valence-electron chi connectivity index (χ1n) is 6.01. The molecule has 5 heteroatoms. The van der Waals surface area contributed by atoms with Gasteiger partial charge in [0.25, 0.3) is 0 Å². The molecule has 0 aliphatic carbocycles. The van der Waals surface area contributed by atoms with E-state index >= 15 is 0 Å². The van der Waals surface area contributed by atoms with Crippen LogP contribution in [0, 0.1) is 0 Å². The third-order valence-corrected chi connectivity index (χ3v) is 2.43. The van der Waals surface area contributed by atoms with Gasteiger partial charge in [-0.05, 0) is 40.5 Å². The van der Waals surface area contributed by atoms with Crippen molar-refractivity contribution in [2.45, 2.75) is 52.2 Å². The molecule has 1 unspecified atom stereocenters. The largest absolute Gasteiger partial charge is 0.458 e. The van der Waals surface area contributed by atoms with Crippen LogP contribution in [0.1, 0.15) is 40.5 Å². The highest BCUT2D eigenvalue weighted by Gasteiger charge is 2.37. The minimum absolute atomic E-state index is 0.316. The molecule has 1 heterocycles. The van der Waals surface area contributed by atoms with Crippen molar-refractivity contribution in [2.75, 3.05) is 13.2 Å². The van der Waals surface area contributed by atoms with E-state index in [9.17, 15) is 9.59 Å². The summed E-state index contributed by atoms with van der Waals surface area (Å²) in [5.41, 5.74) is -0.528. The molecule has 1 aliphatic heterocycles. The van der Waals surface area contributed by atoms with Crippen LogP contribution in [0.25, 0.3) is 0 Å². The lowest BCUT2D eigenvalue weighted by molar-refractivity contribution is -0.159. The maximum absolute atomic E-state index is 11.9. The number of hydrogen-bond donors (Lipinski definition) is 0. The number of amides is 1. The fraction of sp³-hybridized carbons (Fsp3) is 0.833. The van der Waals surface area contributed by atoms with E-state index < -0.39 is 17.7 Å². The van der Waals surface area contributed by atoms with Crippen LogP contribution in [0.4, 0.5) is 4.79 Å². The Morgan fingerprint density at radius 1 is 1.35 bits per heavy atom. The van der Waals surface area contributed by atoms with Gasteiger partial charge in [0, 0.05) is 6.54 Å². The third-order valence-electron chi connectivity index (χ3n) is 2.43. The van der Waals surface area contributed by atoms with Gasteiger partial charge in [-0.3, -0.25) is 4.90 Å². The molecule has 0 aromatic heterocycles. The van der Waals surface area contributed by atoms with Gasteiger partial charge < -0.3 is 9.47 Å². The van der Waals surface area contributed by atoms with Gasteiger partial charge >= 0.3 is 12.1 Å². The van der Waals surface area contributed by atoms with Crippen molar-refractivity contribution in [3.05, 3.63) is 0 Å². The average Bonchev–Trinajstić information content (AvgIpc) is 2.63. The van der Waals surface area contributed by atoms with E-state index in [4.69, 9.17) is 9.47 Å². The Balaban J connectivity index is 2.63. The first-order valence-corrected chi connectivity index (χ1v) is 6.01. The molecule has 1 aliphatic rings. The number of carbonyl (C=O) groups excluding carboxylic acids is 2. The lowest BCUT2D eigenvalue weighted by atomic mass is 10.1. The predicted octanol–water partition coefficient (Wildman–Crippen LogP) is 1.95. The van der Waals surface area contributed by atoms with Gasteiger partial charge in [-0.2, -0.15) is 0 Å². The molecule has 17 heavy (non-hydrogen) atoms. The molecule has 98 valence electrons. The highest BCUT2D eigenvalue weighted by Crippen LogP contribution is 2.21. The second-order valence-electron chi connectivity index (χ2n) is 5.08. The van der Waals surface area contributed by atoms with E-state index in [-0.39, 0.29) is 5.97 Å². The normalized spacial score (nSPS) is 20.2. The molecule has 0 N–H and O–H groups in total. The summed E-state index contributed by atoms with van der Waals surface area (Å²) < 4.78 is 10.2. The molecule has 1 rings (SSSR count). The Labute approximate surface area is 102 Å². The Morgan fingerprint density at radius 2 is 2.00 bits per heavy atom. The van der Waals surface area contributed by atoms with E-state index in [1.165, 1.54) is 4.90 Å². The SMILES string of the molecule is CCOC(=O)N1CCCC1C(=O)OC(C)(C)C. The number of likely N-dealkylation sites (tertiary alicyclic amines) is 1. The summed E-state index contributed by atoms with van der Waals surface area (Å²) in [5, 5.41) is 0. The zero-order chi connectivity index (χ0) is 13.1. The fourth-order valence-electron chi connectivity index (χ4n) is 1.81. The molecule has 0 aromatic carbocycles. The average molecular weight is 243 g/mol. The lowest BCUT2D eigenvalue weighted by Crippen LogP contribution is -2.43. The number of carbonyl (C=O) groups is 2. The van der Waals surface area contributed by atoms with Gasteiger partial charge in [-0.1, -0.05) is 0 Å². The second-order valence-corrected chi connectivity index (χ2v) is 5.08. The topological polar surface area (TPSA) is 55.8 Å². The molecule has 1 saturated heterocycles. The van der Waals surface area contributed by atoms with Crippen LogP contribution in [0.5, 0.6) is 0 Å². The molecule has 1 fully saturated rings. The van der Waals surface area contributed by atoms with Crippen LogP contribution in [0.2, 0.25) is 0 Å². The molecular formula is C12H21NO4. The van der Waals surface area contributed by atoms with E-state index in [1.54, 1.807) is 6.92 Å². The van der Waals surface area contributed by atoms with E-state index in [1.807, 2.05) is 20.8 Å². The summed E-state index contributed by atoms with van der Waals surface area (Å²) in [6.07, 6.45) is 1.03. The number of nitrogens with zero attached hydrogens (tertiary/aromatic N) is 1. The summed E-state index contributed by atoms with van der Waals surface area (Å²) in [4.78, 5) is 25.0. The lowest BCUT2D eigenvalue weighted by Gasteiger charge is -2.26. The van der Waals surface area contributed by atoms with E-state index in [2.05, 4.69) is 0 Å². The maximum atomic E-state index is 11.9. The van der Waals surface area contributed by atoms with Crippen molar-refractivity contribution in [1.82, 2.24) is 4.90 Å². The van der Waals surface area contributed by atoms with Crippen LogP contribution >= 0.6 is 0 Å². The van der Waals surface area contributed by atoms with Gasteiger partial charge in [-0.15, -0.1) is 0 Å². The third kappa shape index (κ3) is 3.91. The van der Waals surface area contributed by atoms with Crippen molar-refractivity contribution in [3.8, 4) is 0 Å². The molecule has 1 atom stereocenters. The second kappa shape index (κ2) is 5.38. The standard InChI is InChI=1S/C12H21NO4/c1-5-16-11(15)13-8-6-7-9(13)10(14)17-12(2,3)4/h9H,5-8H2,1-4H3. The quantitative estimate of drug-likeness (QED) is 0.695. The first-order chi connectivity index (χ1) is 7.85. The molecule has 0 spiro atoms. The zero-order valence-electron chi connectivity index (χ0n) is 11.0. The Hall–Kier alpha value is -1.26. The summed E-state index contributed by atoms with van der Waals surface area (Å²) >= 11 is 0. The Bertz CT molecular complexity index is 295. The smallest absolute Gasteiger partial charge is 0.410 e. The molecular weight excluding hydrogens is 222 g/mol. The highest BCUT2D eigenvalue weighted by molar-refractivity contribution is 5.82. The maximum Gasteiger partial charge on any atom is 0.410 e. The Morgan fingerprint density at radius 3 is 2.53 bits per heavy atom. The molecule has 0 bridgehead atoms. The summed E-state index contributed by atoms with van der Waals surface area (Å²) in [6, 6.07) is -0.492. The summed E-state index contributed by atoms with van der Waals surface area (Å²) in [6.45, 7) is 8.06. The van der Waals surface area contributed by atoms with Crippen molar-refractivity contribution < 1.29 is 19.1 Å². The van der Waals surface area contributed by atoms with Gasteiger partial charge in [0.05, 0.1) is 6.61 Å². The number of rotatable bonds is 2. The predicted molar refractivity (Wildman–Crippen MR) is 62.6 cm³/mol. The molecule has 0 saturated carbocycles. The number of hydrogen-bond acceptors (Lipinski definition) is 4. The Kier molecular flexibility index (Phi) is 4.37. The first kappa shape index (κ1) is 13.8. The summed E-state index contributed by atoms with van der Waals surface area (Å²) in [5.74, 6) is -0.344. The van der Waals surface area contributed by atoms with Crippen LogP contribution < -0.4 is 0 Å². The van der Waals surface area contributed by atoms with Crippen molar-refractivity contribution in [3.63, 3.8) is 0 Å². The molecule has 1 amide bonds. The van der Waals surface area contributed by atoms with Gasteiger partial charge in [0.1, 0.15) is 11.6 Å². The highest BCUT2D eigenvalue weighted by atomic mass is 16.6. The van der Waals surface area contributed by atoms with Crippen molar-refractivity contribution in [1.29, 1.82) is 0 Å². The van der Waals surface area contributed by atoms with Gasteiger partial charge in [0.2, 0.25) is 0 Å².